The molecular weight excluding hydrogens is 478 g/mol. The second-order valence-corrected chi connectivity index (χ2v) is 9.59. The van der Waals surface area contributed by atoms with Gasteiger partial charge < -0.3 is 0 Å². The monoisotopic (exact) mass is 499 g/mol. The van der Waals surface area contributed by atoms with Gasteiger partial charge in [0.25, 0.3) is 5.91 Å². The van der Waals surface area contributed by atoms with Gasteiger partial charge in [0.2, 0.25) is 10.0 Å². The molecule has 6 nitrogen and oxygen atoms in total. The molecule has 160 valence electrons. The highest BCUT2D eigenvalue weighted by molar-refractivity contribution is 9.10. The number of amides is 1. The maximum Gasteiger partial charge on any atom is 0.255 e. The Morgan fingerprint density at radius 3 is 2.32 bits per heavy atom. The molecule has 0 fully saturated rings. The number of benzene rings is 3. The van der Waals surface area contributed by atoms with Gasteiger partial charge in [0, 0.05) is 11.0 Å². The minimum absolute atomic E-state index is 0.147. The lowest BCUT2D eigenvalue weighted by molar-refractivity contribution is -0.121. The Morgan fingerprint density at radius 2 is 1.65 bits per heavy atom. The van der Waals surface area contributed by atoms with Gasteiger partial charge in [-0.15, -0.1) is 0 Å². The smallest absolute Gasteiger partial charge is 0.255 e. The van der Waals surface area contributed by atoms with E-state index in [-0.39, 0.29) is 18.0 Å². The Hall–Kier alpha value is -2.81. The molecule has 31 heavy (non-hydrogen) atoms. The van der Waals surface area contributed by atoms with Crippen LogP contribution in [0.25, 0.3) is 0 Å². The van der Waals surface area contributed by atoms with E-state index in [2.05, 4.69) is 26.5 Å². The van der Waals surface area contributed by atoms with Crippen molar-refractivity contribution in [3.63, 3.8) is 0 Å². The summed E-state index contributed by atoms with van der Waals surface area (Å²) in [5.41, 5.74) is 4.20. The van der Waals surface area contributed by atoms with Crippen molar-refractivity contribution in [1.82, 2.24) is 9.73 Å². The predicted octanol–water partition coefficient (Wildman–Crippen LogP) is 3.83. The zero-order valence-electron chi connectivity index (χ0n) is 16.7. The van der Waals surface area contributed by atoms with Crippen molar-refractivity contribution in [3.05, 3.63) is 101 Å². The highest BCUT2D eigenvalue weighted by atomic mass is 79.9. The molecule has 1 N–H and O–H groups in total. The van der Waals surface area contributed by atoms with Crippen LogP contribution >= 0.6 is 15.9 Å². The number of hydrogen-bond acceptors (Lipinski definition) is 4. The number of hydrogen-bond donors (Lipinski definition) is 1. The molecule has 3 aromatic carbocycles. The summed E-state index contributed by atoms with van der Waals surface area (Å²) in [5.74, 6) is -0.515. The van der Waals surface area contributed by atoms with E-state index < -0.39 is 15.9 Å². The van der Waals surface area contributed by atoms with Crippen LogP contribution in [0, 0.1) is 0 Å². The molecule has 0 aliphatic carbocycles. The number of nitrogens with one attached hydrogen (secondary N) is 1. The van der Waals surface area contributed by atoms with Gasteiger partial charge in [0.15, 0.2) is 0 Å². The van der Waals surface area contributed by atoms with E-state index in [0.717, 1.165) is 15.6 Å². The molecule has 0 aromatic heterocycles. The largest absolute Gasteiger partial charge is 0.272 e. The first-order valence-corrected chi connectivity index (χ1v) is 11.8. The van der Waals surface area contributed by atoms with Gasteiger partial charge in [-0.2, -0.15) is 9.41 Å². The van der Waals surface area contributed by atoms with E-state index in [1.807, 2.05) is 54.6 Å². The van der Waals surface area contributed by atoms with Crippen LogP contribution in [0.3, 0.4) is 0 Å². The third kappa shape index (κ3) is 6.85. The summed E-state index contributed by atoms with van der Waals surface area (Å²) < 4.78 is 28.3. The Morgan fingerprint density at radius 1 is 0.968 bits per heavy atom. The van der Waals surface area contributed by atoms with Crippen LogP contribution in [0.2, 0.25) is 0 Å². The van der Waals surface area contributed by atoms with Crippen LogP contribution in [0.4, 0.5) is 0 Å². The first kappa shape index (κ1) is 22.9. The summed E-state index contributed by atoms with van der Waals surface area (Å²) in [5, 5.41) is 3.94. The van der Waals surface area contributed by atoms with Crippen molar-refractivity contribution in [1.29, 1.82) is 0 Å². The fourth-order valence-electron chi connectivity index (χ4n) is 2.89. The van der Waals surface area contributed by atoms with Crippen LogP contribution in [0.1, 0.15) is 11.1 Å². The van der Waals surface area contributed by atoms with Crippen molar-refractivity contribution in [2.24, 2.45) is 5.10 Å². The molecule has 0 atom stereocenters. The van der Waals surface area contributed by atoms with Crippen molar-refractivity contribution in [2.45, 2.75) is 11.3 Å². The number of nitrogens with zero attached hydrogens (tertiary/aromatic N) is 2. The third-order valence-electron chi connectivity index (χ3n) is 4.45. The van der Waals surface area contributed by atoms with E-state index in [4.69, 9.17) is 0 Å². The van der Waals surface area contributed by atoms with Crippen molar-refractivity contribution < 1.29 is 13.2 Å². The molecule has 0 saturated carbocycles. The van der Waals surface area contributed by atoms with E-state index in [1.165, 1.54) is 22.7 Å². The minimum Gasteiger partial charge on any atom is -0.272 e. The summed E-state index contributed by atoms with van der Waals surface area (Å²) in [6.07, 6.45) is 1.99. The molecule has 3 rings (SSSR count). The quantitative estimate of drug-likeness (QED) is 0.358. The maximum absolute atomic E-state index is 13.1. The van der Waals surface area contributed by atoms with Crippen molar-refractivity contribution >= 4 is 38.1 Å². The van der Waals surface area contributed by atoms with Crippen molar-refractivity contribution in [2.75, 3.05) is 13.1 Å². The highest BCUT2D eigenvalue weighted by Gasteiger charge is 2.26. The van der Waals surface area contributed by atoms with Crippen LogP contribution < -0.4 is 5.43 Å². The second-order valence-electron chi connectivity index (χ2n) is 6.74. The first-order valence-electron chi connectivity index (χ1n) is 9.62. The van der Waals surface area contributed by atoms with E-state index in [9.17, 15) is 13.2 Å². The van der Waals surface area contributed by atoms with Crippen molar-refractivity contribution in [3.8, 4) is 0 Å². The normalized spacial score (nSPS) is 11.7. The molecule has 0 bridgehead atoms. The van der Waals surface area contributed by atoms with Crippen LogP contribution in [0.15, 0.2) is 99.4 Å². The lowest BCUT2D eigenvalue weighted by Gasteiger charge is -2.21. The topological polar surface area (TPSA) is 78.8 Å². The summed E-state index contributed by atoms with van der Waals surface area (Å²) in [6.45, 7) is -0.163. The zero-order valence-corrected chi connectivity index (χ0v) is 19.1. The molecule has 0 radical (unpaired) electrons. The predicted molar refractivity (Wildman–Crippen MR) is 125 cm³/mol. The Bertz CT molecular complexity index is 1140. The number of carbonyl (C=O) groups excluding carboxylic acids is 1. The zero-order chi connectivity index (χ0) is 22.1. The fraction of sp³-hybridized carbons (Fsp3) is 0.130. The molecule has 0 aliphatic rings. The average Bonchev–Trinajstić information content (AvgIpc) is 2.78. The Kier molecular flexibility index (Phi) is 8.11. The highest BCUT2D eigenvalue weighted by Crippen LogP contribution is 2.16. The number of carbonyl (C=O) groups is 1. The van der Waals surface area contributed by atoms with Gasteiger partial charge >= 0.3 is 0 Å². The van der Waals surface area contributed by atoms with Gasteiger partial charge in [0.05, 0.1) is 17.7 Å². The molecule has 0 heterocycles. The van der Waals surface area contributed by atoms with E-state index in [0.29, 0.717) is 6.42 Å². The Balaban J connectivity index is 1.71. The van der Waals surface area contributed by atoms with E-state index in [1.54, 1.807) is 18.2 Å². The lowest BCUT2D eigenvalue weighted by atomic mass is 10.1. The van der Waals surface area contributed by atoms with E-state index >= 15 is 0 Å². The van der Waals surface area contributed by atoms with Crippen LogP contribution in [-0.2, 0) is 21.2 Å². The van der Waals surface area contributed by atoms with Gasteiger partial charge in [0.1, 0.15) is 0 Å². The third-order valence-corrected chi connectivity index (χ3v) is 6.80. The number of hydrazone groups is 1. The fourth-order valence-corrected chi connectivity index (χ4v) is 4.72. The molecule has 1 amide bonds. The molecule has 3 aromatic rings. The molecule has 0 spiro atoms. The summed E-state index contributed by atoms with van der Waals surface area (Å²) in [6, 6.07) is 25.1. The molecule has 8 heteroatoms. The maximum atomic E-state index is 13.1. The minimum atomic E-state index is -3.83. The molecule has 0 unspecified atom stereocenters. The number of rotatable bonds is 9. The van der Waals surface area contributed by atoms with Crippen LogP contribution in [-0.4, -0.2) is 37.9 Å². The Labute approximate surface area is 190 Å². The number of sulfonamides is 1. The second kappa shape index (κ2) is 11.0. The summed E-state index contributed by atoms with van der Waals surface area (Å²) in [4.78, 5) is 12.6. The molecule has 0 aliphatic heterocycles. The van der Waals surface area contributed by atoms with Crippen LogP contribution in [0.5, 0.6) is 0 Å². The van der Waals surface area contributed by atoms with Gasteiger partial charge in [-0.3, -0.25) is 4.79 Å². The number of halogens is 1. The standard InChI is InChI=1S/C23H22BrN3O3S/c24-21-11-7-10-20(16-21)17-25-26-23(28)18-27(15-14-19-8-3-1-4-9-19)31(29,30)22-12-5-2-6-13-22/h1-13,16-17H,14-15,18H2,(H,26,28)/b25-17+. The summed E-state index contributed by atoms with van der Waals surface area (Å²) in [7, 11) is -3.83. The molecule has 0 saturated heterocycles. The first-order chi connectivity index (χ1) is 14.9. The lowest BCUT2D eigenvalue weighted by Crippen LogP contribution is -2.40. The molecular formula is C23H22BrN3O3S. The SMILES string of the molecule is O=C(CN(CCc1ccccc1)S(=O)(=O)c1ccccc1)N/N=C/c1cccc(Br)c1. The van der Waals surface area contributed by atoms with Gasteiger partial charge in [-0.25, -0.2) is 13.8 Å². The average molecular weight is 500 g/mol. The van der Waals surface area contributed by atoms with Gasteiger partial charge in [-0.05, 0) is 41.8 Å². The summed E-state index contributed by atoms with van der Waals surface area (Å²) >= 11 is 3.37. The van der Waals surface area contributed by atoms with Gasteiger partial charge in [-0.1, -0.05) is 76.6 Å².